The van der Waals surface area contributed by atoms with E-state index in [2.05, 4.69) is 17.9 Å². The van der Waals surface area contributed by atoms with Gasteiger partial charge in [-0.1, -0.05) is 31.5 Å². The van der Waals surface area contributed by atoms with Crippen LogP contribution in [0.2, 0.25) is 0 Å². The number of para-hydroxylation sites is 1. The summed E-state index contributed by atoms with van der Waals surface area (Å²) in [5, 5.41) is 47.0. The Kier molecular flexibility index (Phi) is 8.25. The third-order valence-electron chi connectivity index (χ3n) is 8.36. The van der Waals surface area contributed by atoms with Gasteiger partial charge in [-0.05, 0) is 49.7 Å². The van der Waals surface area contributed by atoms with Crippen LogP contribution in [0.15, 0.2) is 24.3 Å². The molecule has 1 aliphatic carbocycles. The lowest BCUT2D eigenvalue weighted by molar-refractivity contribution is -0.170. The molecular formula is C28H36N2O10. The number of fused-ring (bicyclic) bond motifs is 4. The molecule has 218 valence electrons. The van der Waals surface area contributed by atoms with Crippen molar-refractivity contribution in [2.24, 2.45) is 11.8 Å². The van der Waals surface area contributed by atoms with Crippen LogP contribution in [-0.2, 0) is 31.1 Å². The zero-order valence-corrected chi connectivity index (χ0v) is 22.6. The molecule has 0 amide bonds. The van der Waals surface area contributed by atoms with Crippen LogP contribution in [0.5, 0.6) is 0 Å². The number of nitrogens with zero attached hydrogens (tertiary/aromatic N) is 2. The van der Waals surface area contributed by atoms with Crippen molar-refractivity contribution < 1.29 is 49.4 Å². The molecule has 2 saturated heterocycles. The molecule has 5 atom stereocenters. The first-order chi connectivity index (χ1) is 18.9. The van der Waals surface area contributed by atoms with E-state index in [0.29, 0.717) is 18.4 Å². The Morgan fingerprint density at radius 3 is 2.30 bits per heavy atom. The number of hydrogen-bond acceptors (Lipinski definition) is 8. The molecular weight excluding hydrogens is 524 g/mol. The predicted molar refractivity (Wildman–Crippen MR) is 141 cm³/mol. The van der Waals surface area contributed by atoms with Gasteiger partial charge in [-0.15, -0.1) is 0 Å². The number of piperidine rings is 2. The SMILES string of the molecule is CCOC(=O)n1c2c(c3ccccc31)CCN1C[C@@H]3C[C@H](CC)[C@H]1[C@@]2(O)C3.O=C(O)CC(O)(CC(=O)O)C(=O)O. The van der Waals surface area contributed by atoms with Crippen LogP contribution >= 0.6 is 0 Å². The highest BCUT2D eigenvalue weighted by Crippen LogP contribution is 2.54. The van der Waals surface area contributed by atoms with Crippen molar-refractivity contribution in [1.82, 2.24) is 9.47 Å². The van der Waals surface area contributed by atoms with Crippen LogP contribution in [0.25, 0.3) is 10.9 Å². The Morgan fingerprint density at radius 2 is 1.73 bits per heavy atom. The van der Waals surface area contributed by atoms with Gasteiger partial charge in [0.05, 0.1) is 30.7 Å². The van der Waals surface area contributed by atoms with Crippen molar-refractivity contribution in [3.8, 4) is 0 Å². The molecule has 4 bridgehead atoms. The minimum absolute atomic E-state index is 0.0891. The molecule has 1 saturated carbocycles. The maximum Gasteiger partial charge on any atom is 0.418 e. The van der Waals surface area contributed by atoms with Crippen LogP contribution in [0.4, 0.5) is 4.79 Å². The van der Waals surface area contributed by atoms with Gasteiger partial charge in [0.25, 0.3) is 0 Å². The molecule has 12 nitrogen and oxygen atoms in total. The molecule has 4 heterocycles. The van der Waals surface area contributed by atoms with Gasteiger partial charge in [0.2, 0.25) is 0 Å². The molecule has 40 heavy (non-hydrogen) atoms. The molecule has 1 unspecified atom stereocenters. The van der Waals surface area contributed by atoms with Crippen LogP contribution in [0, 0.1) is 11.8 Å². The number of carboxylic acids is 3. The summed E-state index contributed by atoms with van der Waals surface area (Å²) in [4.78, 5) is 46.0. The average Bonchev–Trinajstić information content (AvgIpc) is 3.17. The summed E-state index contributed by atoms with van der Waals surface area (Å²) in [5.41, 5.74) is -0.933. The second-order valence-corrected chi connectivity index (χ2v) is 10.9. The Bertz CT molecular complexity index is 1300. The number of rotatable bonds is 7. The van der Waals surface area contributed by atoms with Crippen molar-refractivity contribution in [3.05, 3.63) is 35.5 Å². The third kappa shape index (κ3) is 5.18. The number of benzene rings is 1. The fourth-order valence-electron chi connectivity index (χ4n) is 6.99. The topological polar surface area (TPSA) is 187 Å². The Balaban J connectivity index is 0.000000243. The Hall–Kier alpha value is -3.48. The van der Waals surface area contributed by atoms with E-state index < -0.39 is 42.0 Å². The van der Waals surface area contributed by atoms with E-state index >= 15 is 0 Å². The van der Waals surface area contributed by atoms with Crippen LogP contribution in [0.3, 0.4) is 0 Å². The molecule has 3 aliphatic heterocycles. The van der Waals surface area contributed by atoms with Crippen molar-refractivity contribution in [2.75, 3.05) is 19.7 Å². The summed E-state index contributed by atoms with van der Waals surface area (Å²) in [6.07, 6.45) is 1.21. The highest BCUT2D eigenvalue weighted by Gasteiger charge is 2.58. The smallest absolute Gasteiger partial charge is 0.418 e. The van der Waals surface area contributed by atoms with Gasteiger partial charge in [-0.25, -0.2) is 14.2 Å². The first-order valence-electron chi connectivity index (χ1n) is 13.5. The van der Waals surface area contributed by atoms with Gasteiger partial charge < -0.3 is 30.3 Å². The Morgan fingerprint density at radius 1 is 1.07 bits per heavy atom. The maximum absolute atomic E-state index is 13.0. The van der Waals surface area contributed by atoms with Crippen LogP contribution < -0.4 is 0 Å². The normalized spacial score (nSPS) is 26.7. The van der Waals surface area contributed by atoms with Gasteiger partial charge in [0.1, 0.15) is 5.60 Å². The second-order valence-electron chi connectivity index (χ2n) is 10.9. The average molecular weight is 561 g/mol. The number of aliphatic hydroxyl groups is 2. The van der Waals surface area contributed by atoms with Gasteiger partial charge in [0, 0.05) is 24.5 Å². The van der Waals surface area contributed by atoms with E-state index in [1.807, 2.05) is 25.1 Å². The van der Waals surface area contributed by atoms with Gasteiger partial charge in [-0.2, -0.15) is 0 Å². The summed E-state index contributed by atoms with van der Waals surface area (Å²) in [7, 11) is 0. The van der Waals surface area contributed by atoms with Crippen molar-refractivity contribution in [1.29, 1.82) is 0 Å². The Labute approximate surface area is 230 Å². The number of hydrogen-bond donors (Lipinski definition) is 5. The molecule has 1 aromatic carbocycles. The number of aromatic nitrogens is 1. The van der Waals surface area contributed by atoms with E-state index in [9.17, 15) is 24.3 Å². The van der Waals surface area contributed by atoms with Gasteiger partial charge >= 0.3 is 24.0 Å². The molecule has 6 rings (SSSR count). The van der Waals surface area contributed by atoms with Crippen molar-refractivity contribution in [3.63, 3.8) is 0 Å². The predicted octanol–water partition coefficient (Wildman–Crippen LogP) is 2.26. The molecule has 3 fully saturated rings. The number of carbonyl (C=O) groups is 4. The molecule has 2 aromatic rings. The number of carbonyl (C=O) groups excluding carboxylic acids is 1. The lowest BCUT2D eigenvalue weighted by Gasteiger charge is -2.57. The summed E-state index contributed by atoms with van der Waals surface area (Å²) < 4.78 is 7.10. The molecule has 0 spiro atoms. The monoisotopic (exact) mass is 560 g/mol. The zero-order chi connectivity index (χ0) is 29.4. The summed E-state index contributed by atoms with van der Waals surface area (Å²) in [5.74, 6) is -4.05. The van der Waals surface area contributed by atoms with Gasteiger partial charge in [-0.3, -0.25) is 14.5 Å². The summed E-state index contributed by atoms with van der Waals surface area (Å²) in [6.45, 7) is 6.40. The first-order valence-corrected chi connectivity index (χ1v) is 13.5. The fraction of sp³-hybridized carbons (Fsp3) is 0.571. The highest BCUT2D eigenvalue weighted by atomic mass is 16.5. The van der Waals surface area contributed by atoms with E-state index in [1.54, 1.807) is 4.57 Å². The lowest BCUT2D eigenvalue weighted by Crippen LogP contribution is -2.64. The molecule has 4 aliphatic rings. The van der Waals surface area contributed by atoms with Crippen molar-refractivity contribution in [2.45, 2.75) is 69.6 Å². The second kappa shape index (κ2) is 11.2. The minimum Gasteiger partial charge on any atom is -0.481 e. The van der Waals surface area contributed by atoms with Crippen LogP contribution in [-0.4, -0.2) is 90.3 Å². The van der Waals surface area contributed by atoms with E-state index in [1.165, 1.54) is 6.42 Å². The molecule has 1 aromatic heterocycles. The molecule has 5 N–H and O–H groups in total. The first kappa shape index (κ1) is 29.5. The van der Waals surface area contributed by atoms with E-state index in [4.69, 9.17) is 25.2 Å². The molecule has 0 radical (unpaired) electrons. The molecule has 12 heteroatoms. The minimum atomic E-state index is -2.74. The largest absolute Gasteiger partial charge is 0.481 e. The summed E-state index contributed by atoms with van der Waals surface area (Å²) in [6, 6.07) is 8.11. The lowest BCUT2D eigenvalue weighted by atomic mass is 9.62. The zero-order valence-electron chi connectivity index (χ0n) is 22.6. The van der Waals surface area contributed by atoms with Crippen LogP contribution in [0.1, 0.15) is 57.2 Å². The van der Waals surface area contributed by atoms with E-state index in [0.717, 1.165) is 54.5 Å². The quantitative estimate of drug-likeness (QED) is 0.334. The standard InChI is InChI=1S/C22H28N2O3.C6H8O7/c1-3-15-11-14-12-22(26)19(15)23(13-14)10-9-17-16-7-5-6-8-18(16)24(20(17)22)21(25)27-4-2;7-3(8)1-6(13,5(11)12)2-4(9)10/h5-8,14-15,19,26H,3-4,9-13H2,1-2H3;13H,1-2H2,(H,7,8)(H,9,10)(H,11,12)/t14-,15+,19+,22+;/m1./s1. The third-order valence-corrected chi connectivity index (χ3v) is 8.36. The van der Waals surface area contributed by atoms with E-state index in [-0.39, 0.29) is 12.1 Å². The number of ether oxygens (including phenoxy) is 1. The fourth-order valence-corrected chi connectivity index (χ4v) is 6.99. The number of aliphatic carboxylic acids is 3. The van der Waals surface area contributed by atoms with Crippen molar-refractivity contribution >= 4 is 34.9 Å². The summed E-state index contributed by atoms with van der Waals surface area (Å²) >= 11 is 0. The highest BCUT2D eigenvalue weighted by molar-refractivity contribution is 5.94. The maximum atomic E-state index is 13.0. The number of carboxylic acid groups (broad SMARTS) is 3. The van der Waals surface area contributed by atoms with Gasteiger partial charge in [0.15, 0.2) is 5.60 Å².